The van der Waals surface area contributed by atoms with Crippen molar-refractivity contribution < 1.29 is 0 Å². The van der Waals surface area contributed by atoms with E-state index in [1.165, 1.54) is 11.1 Å². The van der Waals surface area contributed by atoms with E-state index in [2.05, 4.69) is 58.2 Å². The quantitative estimate of drug-likeness (QED) is 0.502. The van der Waals surface area contributed by atoms with Gasteiger partial charge in [0.15, 0.2) is 5.82 Å². The van der Waals surface area contributed by atoms with E-state index in [9.17, 15) is 0 Å². The van der Waals surface area contributed by atoms with Gasteiger partial charge in [-0.2, -0.15) is 4.98 Å². The highest BCUT2D eigenvalue weighted by atomic mass is 32.2. The van der Waals surface area contributed by atoms with Crippen molar-refractivity contribution in [1.82, 2.24) is 9.97 Å². The predicted octanol–water partition coefficient (Wildman–Crippen LogP) is 3.03. The van der Waals surface area contributed by atoms with Crippen LogP contribution in [0.1, 0.15) is 11.1 Å². The van der Waals surface area contributed by atoms with Crippen LogP contribution in [0.15, 0.2) is 34.3 Å². The SMILES string of the molecule is C=Nc1c(NC)nc(N)nc1SCc1ccc(C)cc1. The Morgan fingerprint density at radius 3 is 2.60 bits per heavy atom. The zero-order valence-corrected chi connectivity index (χ0v) is 12.4. The fraction of sp³-hybridized carbons (Fsp3) is 0.214. The summed E-state index contributed by atoms with van der Waals surface area (Å²) in [5, 5.41) is 3.69. The van der Waals surface area contributed by atoms with E-state index in [1.54, 1.807) is 18.8 Å². The van der Waals surface area contributed by atoms with Crippen LogP contribution in [0.3, 0.4) is 0 Å². The first-order chi connectivity index (χ1) is 9.63. The molecule has 2 aromatic rings. The lowest BCUT2D eigenvalue weighted by Gasteiger charge is -2.09. The van der Waals surface area contributed by atoms with Gasteiger partial charge in [-0.3, -0.25) is 4.99 Å². The fourth-order valence-corrected chi connectivity index (χ4v) is 2.66. The van der Waals surface area contributed by atoms with Crippen LogP contribution < -0.4 is 11.1 Å². The first-order valence-electron chi connectivity index (χ1n) is 6.14. The Hall–Kier alpha value is -2.08. The molecule has 0 saturated heterocycles. The zero-order chi connectivity index (χ0) is 14.5. The maximum atomic E-state index is 5.71. The summed E-state index contributed by atoms with van der Waals surface area (Å²) >= 11 is 1.57. The first-order valence-corrected chi connectivity index (χ1v) is 7.13. The largest absolute Gasteiger partial charge is 0.371 e. The molecule has 1 heterocycles. The van der Waals surface area contributed by atoms with Gasteiger partial charge in [-0.1, -0.05) is 41.6 Å². The third kappa shape index (κ3) is 3.27. The number of nitrogens with two attached hydrogens (primary N) is 1. The average molecular weight is 287 g/mol. The number of hydrogen-bond donors (Lipinski definition) is 2. The summed E-state index contributed by atoms with van der Waals surface area (Å²) in [6.45, 7) is 5.64. The Kier molecular flexibility index (Phi) is 4.57. The summed E-state index contributed by atoms with van der Waals surface area (Å²) in [6.07, 6.45) is 0. The molecule has 0 radical (unpaired) electrons. The average Bonchev–Trinajstić information content (AvgIpc) is 2.46. The van der Waals surface area contributed by atoms with Crippen molar-refractivity contribution in [3.8, 4) is 0 Å². The van der Waals surface area contributed by atoms with Crippen LogP contribution in [-0.2, 0) is 5.75 Å². The second kappa shape index (κ2) is 6.38. The van der Waals surface area contributed by atoms with Crippen molar-refractivity contribution in [2.24, 2.45) is 4.99 Å². The lowest BCUT2D eigenvalue weighted by atomic mass is 10.2. The number of rotatable bonds is 5. The maximum Gasteiger partial charge on any atom is 0.223 e. The number of nitrogen functional groups attached to an aromatic ring is 1. The Morgan fingerprint density at radius 1 is 1.30 bits per heavy atom. The van der Waals surface area contributed by atoms with E-state index in [0.29, 0.717) is 11.5 Å². The summed E-state index contributed by atoms with van der Waals surface area (Å²) in [7, 11) is 1.77. The smallest absolute Gasteiger partial charge is 0.223 e. The molecule has 0 aliphatic carbocycles. The molecular weight excluding hydrogens is 270 g/mol. The van der Waals surface area contributed by atoms with Gasteiger partial charge in [-0.05, 0) is 19.2 Å². The molecule has 104 valence electrons. The van der Waals surface area contributed by atoms with E-state index < -0.39 is 0 Å². The van der Waals surface area contributed by atoms with Gasteiger partial charge in [-0.15, -0.1) is 0 Å². The molecule has 3 N–H and O–H groups in total. The van der Waals surface area contributed by atoms with Gasteiger partial charge in [0.2, 0.25) is 5.95 Å². The standard InChI is InChI=1S/C14H17N5S/c1-9-4-6-10(7-5-9)8-20-13-11(16-2)12(17-3)18-14(15)19-13/h4-7H,2,8H2,1,3H3,(H3,15,17,18,19). The molecule has 0 aliphatic heterocycles. The Labute approximate surface area is 122 Å². The third-order valence-corrected chi connectivity index (χ3v) is 3.80. The summed E-state index contributed by atoms with van der Waals surface area (Å²) < 4.78 is 0. The van der Waals surface area contributed by atoms with Gasteiger partial charge in [0.05, 0.1) is 0 Å². The van der Waals surface area contributed by atoms with Crippen molar-refractivity contribution in [2.75, 3.05) is 18.1 Å². The molecule has 20 heavy (non-hydrogen) atoms. The topological polar surface area (TPSA) is 76.2 Å². The molecule has 5 nitrogen and oxygen atoms in total. The van der Waals surface area contributed by atoms with E-state index >= 15 is 0 Å². The van der Waals surface area contributed by atoms with Crippen molar-refractivity contribution in [3.05, 3.63) is 35.4 Å². The normalized spacial score (nSPS) is 10.3. The third-order valence-electron chi connectivity index (χ3n) is 2.76. The van der Waals surface area contributed by atoms with Crippen LogP contribution in [-0.4, -0.2) is 23.7 Å². The number of thioether (sulfide) groups is 1. The van der Waals surface area contributed by atoms with Gasteiger partial charge in [0.25, 0.3) is 0 Å². The molecule has 0 aliphatic rings. The minimum atomic E-state index is 0.230. The number of nitrogens with one attached hydrogen (secondary N) is 1. The number of anilines is 2. The van der Waals surface area contributed by atoms with Gasteiger partial charge in [-0.25, -0.2) is 4.98 Å². The number of aromatic nitrogens is 2. The van der Waals surface area contributed by atoms with E-state index in [0.717, 1.165) is 10.8 Å². The van der Waals surface area contributed by atoms with E-state index in [-0.39, 0.29) is 5.95 Å². The summed E-state index contributed by atoms with van der Waals surface area (Å²) in [5.41, 5.74) is 8.81. The van der Waals surface area contributed by atoms with Gasteiger partial charge < -0.3 is 11.1 Å². The lowest BCUT2D eigenvalue weighted by molar-refractivity contribution is 1.06. The summed E-state index contributed by atoms with van der Waals surface area (Å²) in [5.74, 6) is 1.62. The number of aryl methyl sites for hydroxylation is 1. The van der Waals surface area contributed by atoms with Crippen molar-refractivity contribution >= 4 is 35.9 Å². The Bertz CT molecular complexity index is 610. The van der Waals surface area contributed by atoms with Crippen molar-refractivity contribution in [3.63, 3.8) is 0 Å². The fourth-order valence-electron chi connectivity index (χ4n) is 1.70. The van der Waals surface area contributed by atoms with Crippen LogP contribution in [0.2, 0.25) is 0 Å². The first kappa shape index (κ1) is 14.3. The number of nitrogens with zero attached hydrogens (tertiary/aromatic N) is 3. The van der Waals surface area contributed by atoms with Crippen LogP contribution in [0.5, 0.6) is 0 Å². The van der Waals surface area contributed by atoms with Crippen LogP contribution in [0, 0.1) is 6.92 Å². The molecule has 6 heteroatoms. The van der Waals surface area contributed by atoms with E-state index in [4.69, 9.17) is 5.73 Å². The van der Waals surface area contributed by atoms with E-state index in [1.807, 2.05) is 0 Å². The molecule has 0 spiro atoms. The molecular formula is C14H17N5S. The lowest BCUT2D eigenvalue weighted by Crippen LogP contribution is -2.02. The van der Waals surface area contributed by atoms with Crippen LogP contribution >= 0.6 is 11.8 Å². The minimum Gasteiger partial charge on any atom is -0.371 e. The zero-order valence-electron chi connectivity index (χ0n) is 11.6. The minimum absolute atomic E-state index is 0.230. The second-order valence-electron chi connectivity index (χ2n) is 4.27. The monoisotopic (exact) mass is 287 g/mol. The van der Waals surface area contributed by atoms with Crippen LogP contribution in [0.25, 0.3) is 0 Å². The molecule has 0 amide bonds. The predicted molar refractivity (Wildman–Crippen MR) is 85.9 cm³/mol. The van der Waals surface area contributed by atoms with Gasteiger partial charge in [0.1, 0.15) is 10.7 Å². The number of benzene rings is 1. The molecule has 0 atom stereocenters. The number of hydrogen-bond acceptors (Lipinski definition) is 6. The van der Waals surface area contributed by atoms with Crippen molar-refractivity contribution in [1.29, 1.82) is 0 Å². The Morgan fingerprint density at radius 2 is 2.00 bits per heavy atom. The highest BCUT2D eigenvalue weighted by Gasteiger charge is 2.12. The molecule has 0 fully saturated rings. The maximum absolute atomic E-state index is 5.71. The molecule has 2 rings (SSSR count). The molecule has 1 aromatic carbocycles. The van der Waals surface area contributed by atoms with Gasteiger partial charge in [0, 0.05) is 12.8 Å². The molecule has 1 aromatic heterocycles. The summed E-state index contributed by atoms with van der Waals surface area (Å²) in [6, 6.07) is 8.39. The van der Waals surface area contributed by atoms with Crippen LogP contribution in [0.4, 0.5) is 17.5 Å². The number of aliphatic imine (C=N–C) groups is 1. The Balaban J connectivity index is 2.22. The van der Waals surface area contributed by atoms with Crippen molar-refractivity contribution in [2.45, 2.75) is 17.7 Å². The molecule has 0 bridgehead atoms. The second-order valence-corrected chi connectivity index (χ2v) is 5.23. The highest BCUT2D eigenvalue weighted by Crippen LogP contribution is 2.35. The highest BCUT2D eigenvalue weighted by molar-refractivity contribution is 7.98. The molecule has 0 saturated carbocycles. The van der Waals surface area contributed by atoms with Gasteiger partial charge >= 0.3 is 0 Å². The summed E-state index contributed by atoms with van der Waals surface area (Å²) in [4.78, 5) is 12.3. The molecule has 0 unspecified atom stereocenters.